The van der Waals surface area contributed by atoms with Crippen molar-refractivity contribution in [2.24, 2.45) is 0 Å². The van der Waals surface area contributed by atoms with Crippen molar-refractivity contribution >= 4 is 39.0 Å². The van der Waals surface area contributed by atoms with Crippen LogP contribution in [0.3, 0.4) is 0 Å². The molecule has 35 heavy (non-hydrogen) atoms. The van der Waals surface area contributed by atoms with Crippen LogP contribution in [-0.4, -0.2) is 40.7 Å². The van der Waals surface area contributed by atoms with Crippen molar-refractivity contribution in [2.75, 3.05) is 29.9 Å². The van der Waals surface area contributed by atoms with E-state index in [9.17, 15) is 18.5 Å². The highest BCUT2D eigenvalue weighted by Crippen LogP contribution is 2.38. The number of anilines is 2. The van der Waals surface area contributed by atoms with Gasteiger partial charge in [0, 0.05) is 12.6 Å². The first-order valence-electron chi connectivity index (χ1n) is 10.9. The molecule has 0 saturated carbocycles. The molecule has 1 atom stereocenters. The van der Waals surface area contributed by atoms with Crippen molar-refractivity contribution in [1.82, 2.24) is 0 Å². The van der Waals surface area contributed by atoms with E-state index in [2.05, 4.69) is 17.9 Å². The first-order valence-corrected chi connectivity index (χ1v) is 12.7. The van der Waals surface area contributed by atoms with Gasteiger partial charge in [-0.05, 0) is 49.6 Å². The van der Waals surface area contributed by atoms with Gasteiger partial charge in [-0.25, -0.2) is 13.2 Å². The van der Waals surface area contributed by atoms with Crippen LogP contribution in [0.25, 0.3) is 0 Å². The largest absolute Gasteiger partial charge is 0.488 e. The molecule has 0 aliphatic carbocycles. The van der Waals surface area contributed by atoms with E-state index in [0.29, 0.717) is 12.2 Å². The van der Waals surface area contributed by atoms with Gasteiger partial charge in [0.2, 0.25) is 0 Å². The van der Waals surface area contributed by atoms with Crippen LogP contribution in [0.15, 0.2) is 60.5 Å². The molecular weight excluding hydrogens is 490 g/mol. The lowest BCUT2D eigenvalue weighted by Crippen LogP contribution is -2.38. The number of ether oxygens (including phenoxy) is 2. The maximum Gasteiger partial charge on any atom is 0.337 e. The standard InChI is InChI=1S/C25H26ClN3O5S/c1-4-12-34-23-10-9-17(25(30)33-3)14-24(23)35(31,32)28-21-13-18(16-27)20(26)15-22(21)29-11-7-6-8-19(29)5-2/h4-5,9-10,13-15,19,28H,1-2,6-8,11-12H2,3H3. The molecule has 0 aromatic heterocycles. The summed E-state index contributed by atoms with van der Waals surface area (Å²) < 4.78 is 40.0. The molecule has 0 amide bonds. The third-order valence-electron chi connectivity index (χ3n) is 5.59. The number of carbonyl (C=O) groups is 1. The third-order valence-corrected chi connectivity index (χ3v) is 7.29. The van der Waals surface area contributed by atoms with Gasteiger partial charge in [-0.3, -0.25) is 4.72 Å². The number of benzene rings is 2. The van der Waals surface area contributed by atoms with Gasteiger partial charge in [0.1, 0.15) is 23.3 Å². The number of hydrogen-bond acceptors (Lipinski definition) is 7. The van der Waals surface area contributed by atoms with Gasteiger partial charge in [0.25, 0.3) is 10.0 Å². The maximum atomic E-state index is 13.6. The Kier molecular flexibility index (Phi) is 8.43. The summed E-state index contributed by atoms with van der Waals surface area (Å²) >= 11 is 6.32. The summed E-state index contributed by atoms with van der Waals surface area (Å²) in [5.41, 5.74) is 0.861. The maximum absolute atomic E-state index is 13.6. The van der Waals surface area contributed by atoms with Crippen molar-refractivity contribution in [3.8, 4) is 11.8 Å². The number of methoxy groups -OCH3 is 1. The van der Waals surface area contributed by atoms with E-state index in [1.165, 1.54) is 37.5 Å². The monoisotopic (exact) mass is 515 g/mol. The van der Waals surface area contributed by atoms with Gasteiger partial charge < -0.3 is 14.4 Å². The molecule has 1 aliphatic heterocycles. The predicted octanol–water partition coefficient (Wildman–Crippen LogP) is 4.91. The van der Waals surface area contributed by atoms with Gasteiger partial charge >= 0.3 is 5.97 Å². The Bertz CT molecular complexity index is 1290. The number of nitriles is 1. The van der Waals surface area contributed by atoms with Gasteiger partial charge in [-0.2, -0.15) is 5.26 Å². The van der Waals surface area contributed by atoms with Crippen molar-refractivity contribution in [1.29, 1.82) is 5.26 Å². The Hall–Kier alpha value is -3.48. The van der Waals surface area contributed by atoms with Gasteiger partial charge in [-0.1, -0.05) is 30.3 Å². The van der Waals surface area contributed by atoms with E-state index in [1.807, 2.05) is 17.0 Å². The van der Waals surface area contributed by atoms with Crippen LogP contribution in [0.1, 0.15) is 35.2 Å². The molecule has 2 aromatic carbocycles. The predicted molar refractivity (Wildman–Crippen MR) is 136 cm³/mol. The summed E-state index contributed by atoms with van der Waals surface area (Å²) in [7, 11) is -3.08. The summed E-state index contributed by atoms with van der Waals surface area (Å²) in [5.74, 6) is -0.666. The van der Waals surface area contributed by atoms with E-state index in [1.54, 1.807) is 6.07 Å². The number of nitrogens with one attached hydrogen (secondary N) is 1. The summed E-state index contributed by atoms with van der Waals surface area (Å²) in [4.78, 5) is 13.8. The fourth-order valence-electron chi connectivity index (χ4n) is 3.90. The molecule has 1 N–H and O–H groups in total. The van der Waals surface area contributed by atoms with Gasteiger partial charge in [0.05, 0.1) is 34.6 Å². The van der Waals surface area contributed by atoms with E-state index in [-0.39, 0.29) is 45.1 Å². The molecular formula is C25H26ClN3O5S. The Labute approximate surface area is 210 Å². The van der Waals surface area contributed by atoms with Crippen LogP contribution in [0.5, 0.6) is 5.75 Å². The fraction of sp³-hybridized carbons (Fsp3) is 0.280. The Morgan fingerprint density at radius 1 is 1.31 bits per heavy atom. The van der Waals surface area contributed by atoms with Gasteiger partial charge in [0.15, 0.2) is 0 Å². The van der Waals surface area contributed by atoms with Crippen molar-refractivity contribution < 1.29 is 22.7 Å². The number of sulfonamides is 1. The lowest BCUT2D eigenvalue weighted by Gasteiger charge is -2.37. The zero-order chi connectivity index (χ0) is 25.6. The Balaban J connectivity index is 2.13. The minimum atomic E-state index is -4.28. The molecule has 0 spiro atoms. The number of carbonyl (C=O) groups excluding carboxylic acids is 1. The molecule has 1 saturated heterocycles. The average molecular weight is 516 g/mol. The van der Waals surface area contributed by atoms with Crippen LogP contribution in [0.4, 0.5) is 11.4 Å². The quantitative estimate of drug-likeness (QED) is 0.373. The minimum Gasteiger partial charge on any atom is -0.488 e. The number of esters is 1. The van der Waals surface area contributed by atoms with E-state index < -0.39 is 16.0 Å². The summed E-state index contributed by atoms with van der Waals surface area (Å²) in [6.45, 7) is 8.21. The third kappa shape index (κ3) is 5.78. The highest BCUT2D eigenvalue weighted by Gasteiger charge is 2.28. The van der Waals surface area contributed by atoms with Crippen LogP contribution in [0, 0.1) is 11.3 Å². The van der Waals surface area contributed by atoms with Crippen molar-refractivity contribution in [3.05, 3.63) is 71.8 Å². The second-order valence-corrected chi connectivity index (χ2v) is 9.87. The van der Waals surface area contributed by atoms with E-state index in [0.717, 1.165) is 19.3 Å². The lowest BCUT2D eigenvalue weighted by molar-refractivity contribution is 0.0600. The molecule has 10 heteroatoms. The molecule has 8 nitrogen and oxygen atoms in total. The molecule has 1 aliphatic rings. The summed E-state index contributed by atoms with van der Waals surface area (Å²) in [6, 6.07) is 8.92. The Morgan fingerprint density at radius 3 is 2.74 bits per heavy atom. The normalized spacial score (nSPS) is 15.6. The SMILES string of the molecule is C=CCOc1ccc(C(=O)OC)cc1S(=O)(=O)Nc1cc(C#N)c(Cl)cc1N1CCCCC1C=C. The Morgan fingerprint density at radius 2 is 2.09 bits per heavy atom. The number of halogens is 1. The highest BCUT2D eigenvalue weighted by atomic mass is 35.5. The lowest BCUT2D eigenvalue weighted by atomic mass is 10.0. The first kappa shape index (κ1) is 26.1. The van der Waals surface area contributed by atoms with Crippen molar-refractivity contribution in [2.45, 2.75) is 30.2 Å². The van der Waals surface area contributed by atoms with E-state index >= 15 is 0 Å². The average Bonchev–Trinajstić information content (AvgIpc) is 2.87. The molecule has 184 valence electrons. The molecule has 1 unspecified atom stereocenters. The zero-order valence-electron chi connectivity index (χ0n) is 19.3. The second-order valence-electron chi connectivity index (χ2n) is 7.81. The highest BCUT2D eigenvalue weighted by molar-refractivity contribution is 7.92. The van der Waals surface area contributed by atoms with Crippen LogP contribution < -0.4 is 14.4 Å². The molecule has 1 fully saturated rings. The molecule has 0 radical (unpaired) electrons. The number of hydrogen-bond donors (Lipinski definition) is 1. The van der Waals surface area contributed by atoms with Gasteiger partial charge in [-0.15, -0.1) is 6.58 Å². The van der Waals surface area contributed by atoms with Crippen LogP contribution >= 0.6 is 11.6 Å². The van der Waals surface area contributed by atoms with Crippen LogP contribution in [-0.2, 0) is 14.8 Å². The fourth-order valence-corrected chi connectivity index (χ4v) is 5.34. The topological polar surface area (TPSA) is 109 Å². The molecule has 1 heterocycles. The number of piperidine rings is 1. The molecule has 3 rings (SSSR count). The minimum absolute atomic E-state index is 0.0230. The number of rotatable bonds is 9. The van der Waals surface area contributed by atoms with E-state index in [4.69, 9.17) is 21.1 Å². The number of nitrogens with zero attached hydrogens (tertiary/aromatic N) is 2. The molecule has 0 bridgehead atoms. The summed E-state index contributed by atoms with van der Waals surface area (Å²) in [6.07, 6.45) is 6.07. The molecule has 2 aromatic rings. The first-order chi connectivity index (χ1) is 16.7. The van der Waals surface area contributed by atoms with Crippen LogP contribution in [0.2, 0.25) is 5.02 Å². The second kappa shape index (κ2) is 11.3. The summed E-state index contributed by atoms with van der Waals surface area (Å²) in [5, 5.41) is 9.71. The zero-order valence-corrected chi connectivity index (χ0v) is 20.9. The van der Waals surface area contributed by atoms with Crippen molar-refractivity contribution in [3.63, 3.8) is 0 Å². The smallest absolute Gasteiger partial charge is 0.337 e.